The van der Waals surface area contributed by atoms with Crippen molar-refractivity contribution >= 4 is 5.97 Å². The zero-order valence-corrected chi connectivity index (χ0v) is 8.98. The van der Waals surface area contributed by atoms with Crippen LogP contribution in [0.15, 0.2) is 12.2 Å². The zero-order chi connectivity index (χ0) is 10.7. The largest absolute Gasteiger partial charge is 0.481 e. The van der Waals surface area contributed by atoms with Crippen molar-refractivity contribution in [1.29, 1.82) is 0 Å². The van der Waals surface area contributed by atoms with Crippen LogP contribution in [0.4, 0.5) is 0 Å². The first-order chi connectivity index (χ1) is 7.27. The third-order valence-electron chi connectivity index (χ3n) is 3.64. The van der Waals surface area contributed by atoms with Crippen LogP contribution >= 0.6 is 0 Å². The number of rotatable bonds is 4. The highest BCUT2D eigenvalue weighted by Crippen LogP contribution is 2.28. The summed E-state index contributed by atoms with van der Waals surface area (Å²) in [4.78, 5) is 10.8. The Hall–Kier alpha value is -0.830. The van der Waals surface area contributed by atoms with E-state index in [0.29, 0.717) is 5.92 Å². The van der Waals surface area contributed by atoms with Gasteiger partial charge in [-0.1, -0.05) is 12.2 Å². The van der Waals surface area contributed by atoms with Crippen LogP contribution in [-0.4, -0.2) is 23.7 Å². The molecule has 2 rings (SSSR count). The molecule has 2 aliphatic carbocycles. The zero-order valence-electron chi connectivity index (χ0n) is 8.98. The summed E-state index contributed by atoms with van der Waals surface area (Å²) in [7, 11) is 0. The van der Waals surface area contributed by atoms with E-state index in [0.717, 1.165) is 25.8 Å². The molecule has 0 radical (unpaired) electrons. The Morgan fingerprint density at radius 2 is 2.20 bits per heavy atom. The minimum Gasteiger partial charge on any atom is -0.481 e. The molecular weight excluding hydrogens is 190 g/mol. The standard InChI is InChI=1S/C12H19NO2/c14-12(15)10-6-7-11(10)13-8-9-4-2-1-3-5-9/h1-2,9-11,13H,3-8H2,(H,14,15). The van der Waals surface area contributed by atoms with Gasteiger partial charge in [0.15, 0.2) is 0 Å². The minimum atomic E-state index is -0.637. The molecule has 0 aromatic rings. The molecule has 1 saturated carbocycles. The van der Waals surface area contributed by atoms with Crippen LogP contribution < -0.4 is 5.32 Å². The molecule has 2 aliphatic rings. The maximum Gasteiger partial charge on any atom is 0.308 e. The van der Waals surface area contributed by atoms with Gasteiger partial charge in [0.1, 0.15) is 0 Å². The molecule has 1 fully saturated rings. The first-order valence-corrected chi connectivity index (χ1v) is 5.88. The molecule has 3 nitrogen and oxygen atoms in total. The first kappa shape index (κ1) is 10.7. The molecule has 0 aromatic carbocycles. The van der Waals surface area contributed by atoms with Crippen molar-refractivity contribution in [3.63, 3.8) is 0 Å². The van der Waals surface area contributed by atoms with Gasteiger partial charge in [-0.3, -0.25) is 4.79 Å². The summed E-state index contributed by atoms with van der Waals surface area (Å²) >= 11 is 0. The lowest BCUT2D eigenvalue weighted by molar-refractivity contribution is -0.146. The van der Waals surface area contributed by atoms with E-state index in [9.17, 15) is 4.79 Å². The van der Waals surface area contributed by atoms with Crippen LogP contribution in [0.3, 0.4) is 0 Å². The highest BCUT2D eigenvalue weighted by atomic mass is 16.4. The predicted octanol–water partition coefficient (Wildman–Crippen LogP) is 1.80. The quantitative estimate of drug-likeness (QED) is 0.694. The first-order valence-electron chi connectivity index (χ1n) is 5.88. The fourth-order valence-corrected chi connectivity index (χ4v) is 2.40. The second kappa shape index (κ2) is 4.79. The molecule has 0 heterocycles. The molecule has 0 aliphatic heterocycles. The fourth-order valence-electron chi connectivity index (χ4n) is 2.40. The SMILES string of the molecule is O=C(O)C1CCC1NCC1CC=CCC1. The lowest BCUT2D eigenvalue weighted by Crippen LogP contribution is -2.49. The van der Waals surface area contributed by atoms with Gasteiger partial charge in [0.25, 0.3) is 0 Å². The van der Waals surface area contributed by atoms with E-state index < -0.39 is 5.97 Å². The van der Waals surface area contributed by atoms with Gasteiger partial charge < -0.3 is 10.4 Å². The van der Waals surface area contributed by atoms with Crippen molar-refractivity contribution in [1.82, 2.24) is 5.32 Å². The van der Waals surface area contributed by atoms with E-state index in [4.69, 9.17) is 5.11 Å². The van der Waals surface area contributed by atoms with Crippen LogP contribution in [0.2, 0.25) is 0 Å². The molecule has 2 N–H and O–H groups in total. The van der Waals surface area contributed by atoms with E-state index in [1.54, 1.807) is 0 Å². The third-order valence-corrected chi connectivity index (χ3v) is 3.64. The van der Waals surface area contributed by atoms with Crippen molar-refractivity contribution in [2.24, 2.45) is 11.8 Å². The summed E-state index contributed by atoms with van der Waals surface area (Å²) in [5.74, 6) is -0.0588. The highest BCUT2D eigenvalue weighted by Gasteiger charge is 2.36. The Balaban J connectivity index is 1.69. The van der Waals surface area contributed by atoms with Crippen LogP contribution in [0.1, 0.15) is 32.1 Å². The summed E-state index contributed by atoms with van der Waals surface area (Å²) in [6.45, 7) is 0.985. The molecule has 0 aromatic heterocycles. The Kier molecular flexibility index (Phi) is 3.41. The minimum absolute atomic E-state index is 0.135. The summed E-state index contributed by atoms with van der Waals surface area (Å²) in [5, 5.41) is 12.3. The monoisotopic (exact) mass is 209 g/mol. The van der Waals surface area contributed by atoms with Gasteiger partial charge in [0.05, 0.1) is 5.92 Å². The van der Waals surface area contributed by atoms with Gasteiger partial charge in [-0.25, -0.2) is 0 Å². The average molecular weight is 209 g/mol. The van der Waals surface area contributed by atoms with E-state index in [2.05, 4.69) is 17.5 Å². The number of hydrogen-bond donors (Lipinski definition) is 2. The number of carboxylic acids is 1. The summed E-state index contributed by atoms with van der Waals surface area (Å²) < 4.78 is 0. The van der Waals surface area contributed by atoms with Crippen molar-refractivity contribution in [2.75, 3.05) is 6.54 Å². The summed E-state index contributed by atoms with van der Waals surface area (Å²) in [6, 6.07) is 0.230. The van der Waals surface area contributed by atoms with Crippen molar-refractivity contribution in [3.05, 3.63) is 12.2 Å². The molecule has 15 heavy (non-hydrogen) atoms. The Labute approximate surface area is 90.6 Å². The van der Waals surface area contributed by atoms with Crippen LogP contribution in [0.25, 0.3) is 0 Å². The normalized spacial score (nSPS) is 34.8. The second-order valence-corrected chi connectivity index (χ2v) is 4.69. The van der Waals surface area contributed by atoms with Crippen molar-refractivity contribution in [2.45, 2.75) is 38.1 Å². The molecular formula is C12H19NO2. The van der Waals surface area contributed by atoms with E-state index >= 15 is 0 Å². The molecule has 0 amide bonds. The second-order valence-electron chi connectivity index (χ2n) is 4.69. The molecule has 0 spiro atoms. The van der Waals surface area contributed by atoms with Gasteiger partial charge in [-0.05, 0) is 44.6 Å². The smallest absolute Gasteiger partial charge is 0.308 e. The van der Waals surface area contributed by atoms with Crippen LogP contribution in [0, 0.1) is 11.8 Å². The van der Waals surface area contributed by atoms with Crippen molar-refractivity contribution in [3.8, 4) is 0 Å². The van der Waals surface area contributed by atoms with E-state index in [-0.39, 0.29) is 12.0 Å². The average Bonchev–Trinajstić information content (AvgIpc) is 2.17. The van der Waals surface area contributed by atoms with Gasteiger partial charge in [-0.2, -0.15) is 0 Å². The van der Waals surface area contributed by atoms with Gasteiger partial charge in [0.2, 0.25) is 0 Å². The molecule has 0 saturated heterocycles. The maximum atomic E-state index is 10.8. The molecule has 3 unspecified atom stereocenters. The Bertz CT molecular complexity index is 262. The topological polar surface area (TPSA) is 49.3 Å². The Morgan fingerprint density at radius 3 is 2.73 bits per heavy atom. The molecule has 3 heteroatoms. The number of nitrogens with one attached hydrogen (secondary N) is 1. The molecule has 0 bridgehead atoms. The lowest BCUT2D eigenvalue weighted by Gasteiger charge is -2.35. The third kappa shape index (κ3) is 2.59. The number of hydrogen-bond acceptors (Lipinski definition) is 2. The number of carboxylic acid groups (broad SMARTS) is 1. The van der Waals surface area contributed by atoms with Crippen LogP contribution in [-0.2, 0) is 4.79 Å². The predicted molar refractivity (Wildman–Crippen MR) is 58.6 cm³/mol. The lowest BCUT2D eigenvalue weighted by atomic mass is 9.79. The number of carbonyl (C=O) groups is 1. The number of allylic oxidation sites excluding steroid dienone is 2. The van der Waals surface area contributed by atoms with Gasteiger partial charge >= 0.3 is 5.97 Å². The van der Waals surface area contributed by atoms with Crippen molar-refractivity contribution < 1.29 is 9.90 Å². The van der Waals surface area contributed by atoms with E-state index in [1.807, 2.05) is 0 Å². The van der Waals surface area contributed by atoms with Gasteiger partial charge in [-0.15, -0.1) is 0 Å². The van der Waals surface area contributed by atoms with Crippen LogP contribution in [0.5, 0.6) is 0 Å². The Morgan fingerprint density at radius 1 is 1.33 bits per heavy atom. The molecule has 84 valence electrons. The maximum absolute atomic E-state index is 10.8. The number of aliphatic carboxylic acids is 1. The summed E-state index contributed by atoms with van der Waals surface area (Å²) in [6.07, 6.45) is 9.92. The molecule has 3 atom stereocenters. The highest BCUT2D eigenvalue weighted by molar-refractivity contribution is 5.72. The summed E-state index contributed by atoms with van der Waals surface area (Å²) in [5.41, 5.74) is 0. The van der Waals surface area contributed by atoms with Gasteiger partial charge in [0, 0.05) is 6.04 Å². The fraction of sp³-hybridized carbons (Fsp3) is 0.750. The van der Waals surface area contributed by atoms with E-state index in [1.165, 1.54) is 12.8 Å².